The summed E-state index contributed by atoms with van der Waals surface area (Å²) in [7, 11) is 1.75. The van der Waals surface area contributed by atoms with Gasteiger partial charge in [0.2, 0.25) is 0 Å². The molecule has 1 heterocycles. The van der Waals surface area contributed by atoms with Crippen molar-refractivity contribution in [3.05, 3.63) is 24.2 Å². The second-order valence-electron chi connectivity index (χ2n) is 6.17. The number of hydrogen-bond acceptors (Lipinski definition) is 3. The van der Waals surface area contributed by atoms with Gasteiger partial charge in [-0.05, 0) is 37.8 Å². The second-order valence-corrected chi connectivity index (χ2v) is 6.17. The molecule has 24 heavy (non-hydrogen) atoms. The lowest BCUT2D eigenvalue weighted by atomic mass is 9.96. The number of rotatable bonds is 9. The number of hydrogen-bond donors (Lipinski definition) is 2. The number of unbranched alkanes of at least 4 members (excludes halogenated alkanes) is 1. The first-order valence-corrected chi connectivity index (χ1v) is 8.94. The normalized spacial score (nSPS) is 15.8. The van der Waals surface area contributed by atoms with Crippen LogP contribution < -0.4 is 10.6 Å². The molecule has 1 fully saturated rings. The molecule has 0 bridgehead atoms. The lowest BCUT2D eigenvalue weighted by molar-refractivity contribution is 0.193. The van der Waals surface area contributed by atoms with E-state index in [2.05, 4.69) is 10.6 Å². The fourth-order valence-corrected chi connectivity index (χ4v) is 2.90. The highest BCUT2D eigenvalue weighted by Gasteiger charge is 2.14. The molecule has 1 aliphatic carbocycles. The molecule has 1 aliphatic rings. The van der Waals surface area contributed by atoms with Gasteiger partial charge in [0.1, 0.15) is 5.76 Å². The van der Waals surface area contributed by atoms with E-state index < -0.39 is 0 Å². The van der Waals surface area contributed by atoms with Gasteiger partial charge in [-0.2, -0.15) is 0 Å². The number of methoxy groups -OCH3 is 1. The molecular formula is C18H32IN3O2. The highest BCUT2D eigenvalue weighted by molar-refractivity contribution is 14.0. The average molecular weight is 449 g/mol. The van der Waals surface area contributed by atoms with Gasteiger partial charge < -0.3 is 19.8 Å². The van der Waals surface area contributed by atoms with Crippen molar-refractivity contribution >= 4 is 29.9 Å². The van der Waals surface area contributed by atoms with Gasteiger partial charge in [-0.15, -0.1) is 24.0 Å². The van der Waals surface area contributed by atoms with E-state index in [1.54, 1.807) is 13.4 Å². The van der Waals surface area contributed by atoms with Gasteiger partial charge in [0, 0.05) is 39.3 Å². The number of aliphatic imine (C=N–C) groups is 1. The van der Waals surface area contributed by atoms with E-state index in [0.29, 0.717) is 6.04 Å². The zero-order valence-corrected chi connectivity index (χ0v) is 17.1. The van der Waals surface area contributed by atoms with E-state index in [4.69, 9.17) is 14.1 Å². The molecule has 138 valence electrons. The Labute approximate surface area is 163 Å². The van der Waals surface area contributed by atoms with E-state index in [1.165, 1.54) is 32.1 Å². The van der Waals surface area contributed by atoms with Gasteiger partial charge in [-0.1, -0.05) is 19.3 Å². The molecule has 6 heteroatoms. The summed E-state index contributed by atoms with van der Waals surface area (Å²) < 4.78 is 10.5. The Morgan fingerprint density at radius 3 is 2.83 bits per heavy atom. The third kappa shape index (κ3) is 8.92. The summed E-state index contributed by atoms with van der Waals surface area (Å²) in [5.41, 5.74) is 0. The monoisotopic (exact) mass is 449 g/mol. The molecule has 5 nitrogen and oxygen atoms in total. The van der Waals surface area contributed by atoms with Crippen molar-refractivity contribution in [1.82, 2.24) is 10.6 Å². The third-order valence-electron chi connectivity index (χ3n) is 4.22. The van der Waals surface area contributed by atoms with Gasteiger partial charge in [-0.3, -0.25) is 4.99 Å². The van der Waals surface area contributed by atoms with Crippen LogP contribution in [0.5, 0.6) is 0 Å². The van der Waals surface area contributed by atoms with E-state index in [0.717, 1.165) is 50.7 Å². The van der Waals surface area contributed by atoms with Crippen molar-refractivity contribution in [3.63, 3.8) is 0 Å². The number of nitrogens with zero attached hydrogens (tertiary/aromatic N) is 1. The van der Waals surface area contributed by atoms with E-state index >= 15 is 0 Å². The molecule has 0 aromatic carbocycles. The minimum absolute atomic E-state index is 0. The Balaban J connectivity index is 0.00000288. The van der Waals surface area contributed by atoms with E-state index in [9.17, 15) is 0 Å². The molecule has 0 spiro atoms. The van der Waals surface area contributed by atoms with Crippen molar-refractivity contribution in [1.29, 1.82) is 0 Å². The zero-order chi connectivity index (χ0) is 16.2. The van der Waals surface area contributed by atoms with Gasteiger partial charge in [0.05, 0.1) is 6.26 Å². The van der Waals surface area contributed by atoms with Crippen LogP contribution in [0.2, 0.25) is 0 Å². The minimum atomic E-state index is 0. The molecule has 0 saturated heterocycles. The molecule has 0 amide bonds. The maximum absolute atomic E-state index is 5.38. The zero-order valence-electron chi connectivity index (χ0n) is 14.8. The van der Waals surface area contributed by atoms with E-state index in [-0.39, 0.29) is 24.0 Å². The average Bonchev–Trinajstić information content (AvgIpc) is 3.09. The van der Waals surface area contributed by atoms with E-state index in [1.807, 2.05) is 12.1 Å². The number of halogens is 1. The number of furan rings is 1. The third-order valence-corrected chi connectivity index (χ3v) is 4.22. The van der Waals surface area contributed by atoms with Crippen LogP contribution in [0.3, 0.4) is 0 Å². The molecule has 1 aromatic heterocycles. The SMILES string of the molecule is COCCCCN=C(NCCc1ccco1)NC1CCCCC1.I. The van der Waals surface area contributed by atoms with Crippen LogP contribution in [-0.4, -0.2) is 38.8 Å². The summed E-state index contributed by atoms with van der Waals surface area (Å²) in [5, 5.41) is 7.05. The molecule has 2 rings (SSSR count). The van der Waals surface area contributed by atoms with Gasteiger partial charge >= 0.3 is 0 Å². The molecular weight excluding hydrogens is 417 g/mol. The first-order valence-electron chi connectivity index (χ1n) is 8.94. The van der Waals surface area contributed by atoms with Crippen LogP contribution in [-0.2, 0) is 11.2 Å². The Morgan fingerprint density at radius 1 is 1.29 bits per heavy atom. The summed E-state index contributed by atoms with van der Waals surface area (Å²) in [4.78, 5) is 4.72. The first kappa shape index (κ1) is 21.3. The molecule has 0 unspecified atom stereocenters. The van der Waals surface area contributed by atoms with Gasteiger partial charge in [0.25, 0.3) is 0 Å². The lowest BCUT2D eigenvalue weighted by Crippen LogP contribution is -2.45. The van der Waals surface area contributed by atoms with Crippen LogP contribution in [0.25, 0.3) is 0 Å². The van der Waals surface area contributed by atoms with Crippen LogP contribution >= 0.6 is 24.0 Å². The topological polar surface area (TPSA) is 58.8 Å². The van der Waals surface area contributed by atoms with Crippen LogP contribution in [0.15, 0.2) is 27.8 Å². The maximum Gasteiger partial charge on any atom is 0.191 e. The number of ether oxygens (including phenoxy) is 1. The first-order chi connectivity index (χ1) is 11.4. The summed E-state index contributed by atoms with van der Waals surface area (Å²) in [5.74, 6) is 1.95. The smallest absolute Gasteiger partial charge is 0.191 e. The second kappa shape index (κ2) is 13.5. The van der Waals surface area contributed by atoms with Crippen LogP contribution in [0.1, 0.15) is 50.7 Å². The Morgan fingerprint density at radius 2 is 2.12 bits per heavy atom. The summed E-state index contributed by atoms with van der Waals surface area (Å²) in [6, 6.07) is 4.51. The van der Waals surface area contributed by atoms with Crippen molar-refractivity contribution < 1.29 is 9.15 Å². The van der Waals surface area contributed by atoms with Crippen molar-refractivity contribution in [2.24, 2.45) is 4.99 Å². The van der Waals surface area contributed by atoms with Gasteiger partial charge in [0.15, 0.2) is 5.96 Å². The standard InChI is InChI=1S/C18H31N3O2.HI/c1-22-14-6-5-12-19-18(21-16-8-3-2-4-9-16)20-13-11-17-10-7-15-23-17;/h7,10,15-16H,2-6,8-9,11-14H2,1H3,(H2,19,20,21);1H. The predicted octanol–water partition coefficient (Wildman–Crippen LogP) is 3.73. The quantitative estimate of drug-likeness (QED) is 0.261. The summed E-state index contributed by atoms with van der Waals surface area (Å²) >= 11 is 0. The molecule has 0 radical (unpaired) electrons. The largest absolute Gasteiger partial charge is 0.469 e. The number of nitrogens with one attached hydrogen (secondary N) is 2. The Hall–Kier alpha value is -0.760. The fraction of sp³-hybridized carbons (Fsp3) is 0.722. The van der Waals surface area contributed by atoms with Gasteiger partial charge in [-0.25, -0.2) is 0 Å². The van der Waals surface area contributed by atoms with Crippen LogP contribution in [0, 0.1) is 0 Å². The van der Waals surface area contributed by atoms with Crippen LogP contribution in [0.4, 0.5) is 0 Å². The van der Waals surface area contributed by atoms with Crippen molar-refractivity contribution in [3.8, 4) is 0 Å². The maximum atomic E-state index is 5.38. The fourth-order valence-electron chi connectivity index (χ4n) is 2.90. The summed E-state index contributed by atoms with van der Waals surface area (Å²) in [6.07, 6.45) is 11.2. The molecule has 1 saturated carbocycles. The Kier molecular flexibility index (Phi) is 12.0. The Bertz CT molecular complexity index is 431. The highest BCUT2D eigenvalue weighted by atomic mass is 127. The molecule has 1 aromatic rings. The number of guanidine groups is 1. The predicted molar refractivity (Wildman–Crippen MR) is 109 cm³/mol. The van der Waals surface area contributed by atoms with Crippen molar-refractivity contribution in [2.45, 2.75) is 57.4 Å². The van der Waals surface area contributed by atoms with Crippen molar-refractivity contribution in [2.75, 3.05) is 26.8 Å². The molecule has 0 aliphatic heterocycles. The minimum Gasteiger partial charge on any atom is -0.469 e. The lowest BCUT2D eigenvalue weighted by Gasteiger charge is -2.25. The summed E-state index contributed by atoms with van der Waals surface area (Å²) in [6.45, 7) is 2.49. The highest BCUT2D eigenvalue weighted by Crippen LogP contribution is 2.17. The molecule has 2 N–H and O–H groups in total. The molecule has 0 atom stereocenters.